The number of aromatic nitrogens is 2. The first-order chi connectivity index (χ1) is 16.1. The van der Waals surface area contributed by atoms with Crippen LogP contribution >= 0.6 is 0 Å². The molecule has 0 aliphatic carbocycles. The summed E-state index contributed by atoms with van der Waals surface area (Å²) in [6.45, 7) is 2.93. The highest BCUT2D eigenvalue weighted by atomic mass is 19.1. The Balaban J connectivity index is 1.78. The first kappa shape index (κ1) is 25.2. The molecule has 0 aliphatic rings. The van der Waals surface area contributed by atoms with Crippen LogP contribution in [0.5, 0.6) is 0 Å². The van der Waals surface area contributed by atoms with Gasteiger partial charge < -0.3 is 15.6 Å². The highest BCUT2D eigenvalue weighted by molar-refractivity contribution is 5.89. The van der Waals surface area contributed by atoms with Crippen LogP contribution in [0.4, 0.5) is 4.39 Å². The molecule has 3 aromatic rings. The minimum Gasteiger partial charge on any atom is -0.454 e. The Kier molecular flexibility index (Phi) is 8.28. The molecule has 4 N–H and O–H groups in total. The summed E-state index contributed by atoms with van der Waals surface area (Å²) in [7, 11) is 0. The lowest BCUT2D eigenvalue weighted by Crippen LogP contribution is -2.38. The normalized spacial score (nSPS) is 14.4. The van der Waals surface area contributed by atoms with Crippen LogP contribution in [0.2, 0.25) is 0 Å². The third-order valence-corrected chi connectivity index (χ3v) is 5.68. The van der Waals surface area contributed by atoms with Gasteiger partial charge in [0.05, 0.1) is 29.2 Å². The summed E-state index contributed by atoms with van der Waals surface area (Å²) in [6, 6.07) is 16.5. The zero-order valence-corrected chi connectivity index (χ0v) is 19.4. The average Bonchev–Trinajstić information content (AvgIpc) is 2.80. The first-order valence-corrected chi connectivity index (χ1v) is 11.3. The average molecular weight is 467 g/mol. The number of aliphatic hydroxyl groups is 1. The quantitative estimate of drug-likeness (QED) is 0.221. The number of hydrogen-bond donors (Lipinski definition) is 3. The van der Waals surface area contributed by atoms with Gasteiger partial charge in [0.15, 0.2) is 5.69 Å². The Morgan fingerprint density at radius 1 is 1.15 bits per heavy atom. The number of para-hydroxylation sites is 2. The van der Waals surface area contributed by atoms with Crippen molar-refractivity contribution in [3.05, 3.63) is 72.1 Å². The topological polar surface area (TPSA) is 122 Å². The number of amidine groups is 1. The van der Waals surface area contributed by atoms with E-state index in [9.17, 15) is 14.3 Å². The highest BCUT2D eigenvalue weighted by Crippen LogP contribution is 2.25. The fourth-order valence-electron chi connectivity index (χ4n) is 3.72. The van der Waals surface area contributed by atoms with Gasteiger partial charge in [-0.2, -0.15) is 0 Å². The number of benzene rings is 2. The molecule has 2 aromatic carbocycles. The largest absolute Gasteiger partial charge is 0.454 e. The van der Waals surface area contributed by atoms with Gasteiger partial charge in [0, 0.05) is 12.3 Å². The van der Waals surface area contributed by atoms with Crippen LogP contribution in [-0.4, -0.2) is 44.8 Å². The summed E-state index contributed by atoms with van der Waals surface area (Å²) in [6.07, 6.45) is 0.140. The van der Waals surface area contributed by atoms with E-state index in [2.05, 4.69) is 9.97 Å². The molecule has 0 saturated carbocycles. The second-order valence-electron chi connectivity index (χ2n) is 9.09. The molecule has 3 rings (SSSR count). The second-order valence-corrected chi connectivity index (χ2v) is 9.09. The van der Waals surface area contributed by atoms with E-state index >= 15 is 0 Å². The Morgan fingerprint density at radius 3 is 2.44 bits per heavy atom. The van der Waals surface area contributed by atoms with Crippen molar-refractivity contribution in [3.8, 4) is 0 Å². The van der Waals surface area contributed by atoms with Crippen molar-refractivity contribution in [1.29, 1.82) is 5.41 Å². The van der Waals surface area contributed by atoms with E-state index < -0.39 is 29.8 Å². The fourth-order valence-corrected chi connectivity index (χ4v) is 3.72. The predicted octanol–water partition coefficient (Wildman–Crippen LogP) is 4.23. The fraction of sp³-hybridized carbons (Fsp3) is 0.385. The molecule has 0 radical (unpaired) electrons. The maximum Gasteiger partial charge on any atom is 0.358 e. The summed E-state index contributed by atoms with van der Waals surface area (Å²) < 4.78 is 19.7. The highest BCUT2D eigenvalue weighted by Gasteiger charge is 2.30. The molecule has 0 aliphatic heterocycles. The first-order valence-electron chi connectivity index (χ1n) is 11.3. The SMILES string of the molecule is CC(C)(F)CCC(CC(O)C(Cc1ccccc1)OC(=O)c1cnc2ccccc2n1)C(=N)N. The zero-order valence-electron chi connectivity index (χ0n) is 19.4. The summed E-state index contributed by atoms with van der Waals surface area (Å²) in [5.41, 5.74) is 6.44. The van der Waals surface area contributed by atoms with Gasteiger partial charge in [-0.3, -0.25) is 10.4 Å². The minimum absolute atomic E-state index is 0.0336. The molecule has 0 saturated heterocycles. The number of hydrogen-bond acceptors (Lipinski definition) is 6. The lowest BCUT2D eigenvalue weighted by atomic mass is 9.88. The van der Waals surface area contributed by atoms with E-state index in [4.69, 9.17) is 15.9 Å². The summed E-state index contributed by atoms with van der Waals surface area (Å²) in [4.78, 5) is 21.5. The third kappa shape index (κ3) is 7.31. The lowest BCUT2D eigenvalue weighted by molar-refractivity contribution is -0.0244. The van der Waals surface area contributed by atoms with Crippen molar-refractivity contribution in [1.82, 2.24) is 9.97 Å². The van der Waals surface area contributed by atoms with Crippen molar-refractivity contribution in [2.75, 3.05) is 0 Å². The maximum atomic E-state index is 14.0. The van der Waals surface area contributed by atoms with Gasteiger partial charge in [0.2, 0.25) is 0 Å². The summed E-state index contributed by atoms with van der Waals surface area (Å²) in [5.74, 6) is -1.38. The molecule has 180 valence electrons. The number of halogens is 1. The number of rotatable bonds is 11. The lowest BCUT2D eigenvalue weighted by Gasteiger charge is -2.27. The van der Waals surface area contributed by atoms with E-state index in [-0.39, 0.29) is 30.8 Å². The van der Waals surface area contributed by atoms with Gasteiger partial charge in [-0.15, -0.1) is 0 Å². The predicted molar refractivity (Wildman–Crippen MR) is 129 cm³/mol. The van der Waals surface area contributed by atoms with Gasteiger partial charge in [0.25, 0.3) is 0 Å². The number of nitrogens with one attached hydrogen (secondary N) is 1. The molecule has 7 nitrogen and oxygen atoms in total. The maximum absolute atomic E-state index is 14.0. The van der Waals surface area contributed by atoms with Crippen molar-refractivity contribution >= 4 is 22.8 Å². The van der Waals surface area contributed by atoms with Crippen molar-refractivity contribution in [2.24, 2.45) is 11.7 Å². The second kappa shape index (κ2) is 11.2. The van der Waals surface area contributed by atoms with Gasteiger partial charge in [0.1, 0.15) is 11.8 Å². The van der Waals surface area contributed by atoms with Crippen LogP contribution < -0.4 is 5.73 Å². The smallest absolute Gasteiger partial charge is 0.358 e. The zero-order chi connectivity index (χ0) is 24.7. The summed E-state index contributed by atoms with van der Waals surface area (Å²) in [5, 5.41) is 18.9. The Labute approximate surface area is 198 Å². The molecule has 0 fully saturated rings. The number of carbonyl (C=O) groups excluding carboxylic acids is 1. The minimum atomic E-state index is -1.41. The molecule has 1 heterocycles. The number of esters is 1. The van der Waals surface area contributed by atoms with E-state index in [0.717, 1.165) is 5.56 Å². The Morgan fingerprint density at radius 2 is 1.79 bits per heavy atom. The summed E-state index contributed by atoms with van der Waals surface area (Å²) >= 11 is 0. The van der Waals surface area contributed by atoms with Crippen molar-refractivity contribution < 1.29 is 19.0 Å². The molecule has 3 atom stereocenters. The van der Waals surface area contributed by atoms with E-state index in [0.29, 0.717) is 17.5 Å². The number of alkyl halides is 1. The van der Waals surface area contributed by atoms with Crippen LogP contribution in [-0.2, 0) is 11.2 Å². The van der Waals surface area contributed by atoms with Gasteiger partial charge in [-0.05, 0) is 50.8 Å². The van der Waals surface area contributed by atoms with Crippen LogP contribution in [0.3, 0.4) is 0 Å². The molecule has 8 heteroatoms. The molecule has 0 bridgehead atoms. The van der Waals surface area contributed by atoms with Crippen molar-refractivity contribution in [3.63, 3.8) is 0 Å². The monoisotopic (exact) mass is 466 g/mol. The van der Waals surface area contributed by atoms with Crippen LogP contribution in [0.15, 0.2) is 60.8 Å². The molecular weight excluding hydrogens is 435 g/mol. The van der Waals surface area contributed by atoms with Gasteiger partial charge >= 0.3 is 5.97 Å². The van der Waals surface area contributed by atoms with Crippen molar-refractivity contribution in [2.45, 2.75) is 57.4 Å². The number of nitrogens with zero attached hydrogens (tertiary/aromatic N) is 2. The van der Waals surface area contributed by atoms with Crippen LogP contribution in [0.1, 0.15) is 49.2 Å². The number of aliphatic hydroxyl groups excluding tert-OH is 1. The molecule has 1 aromatic heterocycles. The number of ether oxygens (including phenoxy) is 1. The third-order valence-electron chi connectivity index (χ3n) is 5.68. The molecule has 0 amide bonds. The van der Waals surface area contributed by atoms with Gasteiger partial charge in [-0.1, -0.05) is 42.5 Å². The van der Waals surface area contributed by atoms with E-state index in [1.807, 2.05) is 36.4 Å². The van der Waals surface area contributed by atoms with Gasteiger partial charge in [-0.25, -0.2) is 14.2 Å². The Hall–Kier alpha value is -3.39. The molecule has 3 unspecified atom stereocenters. The number of carbonyl (C=O) groups is 1. The van der Waals surface area contributed by atoms with Crippen LogP contribution in [0, 0.1) is 11.3 Å². The Bertz CT molecular complexity index is 1120. The van der Waals surface area contributed by atoms with E-state index in [1.54, 1.807) is 18.2 Å². The number of nitrogens with two attached hydrogens (primary N) is 1. The van der Waals surface area contributed by atoms with E-state index in [1.165, 1.54) is 20.0 Å². The van der Waals surface area contributed by atoms with Crippen LogP contribution in [0.25, 0.3) is 11.0 Å². The standard InChI is InChI=1S/C26H31FN4O3/c1-26(2,27)13-12-18(24(28)29)15-22(32)23(14-17-8-4-3-5-9-17)34-25(33)21-16-30-19-10-6-7-11-20(19)31-21/h3-11,16,18,22-23,32H,12-15H2,1-2H3,(H3,28,29). The molecule has 34 heavy (non-hydrogen) atoms. The number of fused-ring (bicyclic) bond motifs is 1. The molecular formula is C26H31FN4O3. The molecule has 0 spiro atoms.